The van der Waals surface area contributed by atoms with Gasteiger partial charge in [-0.25, -0.2) is 0 Å². The summed E-state index contributed by atoms with van der Waals surface area (Å²) in [7, 11) is 0. The van der Waals surface area contributed by atoms with Crippen LogP contribution < -0.4 is 5.32 Å². The zero-order valence-corrected chi connectivity index (χ0v) is 10.9. The Labute approximate surface area is 96.0 Å². The van der Waals surface area contributed by atoms with E-state index in [1.165, 1.54) is 57.9 Å². The maximum absolute atomic E-state index is 3.74. The predicted molar refractivity (Wildman–Crippen MR) is 68.2 cm³/mol. The third kappa shape index (κ3) is 4.14. The maximum Gasteiger partial charge on any atom is 0.00389 e. The SMILES string of the molecule is CCCCCC(C)NCC1(CC)CCC1. The maximum atomic E-state index is 3.74. The van der Waals surface area contributed by atoms with E-state index in [0.717, 1.165) is 6.04 Å². The zero-order valence-electron chi connectivity index (χ0n) is 10.9. The summed E-state index contributed by atoms with van der Waals surface area (Å²) < 4.78 is 0. The summed E-state index contributed by atoms with van der Waals surface area (Å²) in [6.45, 7) is 8.23. The van der Waals surface area contributed by atoms with Gasteiger partial charge in [0.15, 0.2) is 0 Å². The van der Waals surface area contributed by atoms with Crippen molar-refractivity contribution in [2.75, 3.05) is 6.54 Å². The summed E-state index contributed by atoms with van der Waals surface area (Å²) in [6.07, 6.45) is 11.2. The minimum atomic E-state index is 0.680. The number of hydrogen-bond acceptors (Lipinski definition) is 1. The summed E-state index contributed by atoms with van der Waals surface area (Å²) in [6, 6.07) is 0.723. The molecule has 15 heavy (non-hydrogen) atoms. The second-order valence-corrected chi connectivity index (χ2v) is 5.48. The molecule has 1 saturated carbocycles. The highest BCUT2D eigenvalue weighted by molar-refractivity contribution is 4.88. The molecule has 0 aromatic rings. The summed E-state index contributed by atoms with van der Waals surface area (Å²) in [4.78, 5) is 0. The fraction of sp³-hybridized carbons (Fsp3) is 1.00. The van der Waals surface area contributed by atoms with Gasteiger partial charge in [0.2, 0.25) is 0 Å². The van der Waals surface area contributed by atoms with Gasteiger partial charge < -0.3 is 5.32 Å². The van der Waals surface area contributed by atoms with E-state index in [9.17, 15) is 0 Å². The number of hydrogen-bond donors (Lipinski definition) is 1. The van der Waals surface area contributed by atoms with Crippen molar-refractivity contribution in [3.63, 3.8) is 0 Å². The quantitative estimate of drug-likeness (QED) is 0.595. The standard InChI is InChI=1S/C14H29N/c1-4-6-7-9-13(3)15-12-14(5-2)10-8-11-14/h13,15H,4-12H2,1-3H3. The molecule has 1 N–H and O–H groups in total. The largest absolute Gasteiger partial charge is 0.314 e. The molecule has 0 saturated heterocycles. The topological polar surface area (TPSA) is 12.0 Å². The molecule has 1 aliphatic rings. The molecule has 0 spiro atoms. The Kier molecular flexibility index (Phi) is 5.66. The lowest BCUT2D eigenvalue weighted by atomic mass is 9.67. The van der Waals surface area contributed by atoms with Crippen molar-refractivity contribution in [1.29, 1.82) is 0 Å². The van der Waals surface area contributed by atoms with Crippen LogP contribution in [-0.2, 0) is 0 Å². The van der Waals surface area contributed by atoms with Gasteiger partial charge in [0.1, 0.15) is 0 Å². The zero-order chi connectivity index (χ0) is 11.1. The van der Waals surface area contributed by atoms with Crippen molar-refractivity contribution in [3.05, 3.63) is 0 Å². The van der Waals surface area contributed by atoms with Crippen LogP contribution in [0, 0.1) is 5.41 Å². The third-order valence-corrected chi connectivity index (χ3v) is 4.23. The Morgan fingerprint density at radius 3 is 2.40 bits per heavy atom. The molecule has 0 aromatic carbocycles. The molecule has 1 unspecified atom stereocenters. The van der Waals surface area contributed by atoms with Gasteiger partial charge in [-0.15, -0.1) is 0 Å². The number of unbranched alkanes of at least 4 members (excludes halogenated alkanes) is 2. The summed E-state index contributed by atoms with van der Waals surface area (Å²) in [5.41, 5.74) is 0.680. The Morgan fingerprint density at radius 1 is 1.20 bits per heavy atom. The van der Waals surface area contributed by atoms with Crippen LogP contribution in [0.4, 0.5) is 0 Å². The van der Waals surface area contributed by atoms with Gasteiger partial charge in [0.05, 0.1) is 0 Å². The Hall–Kier alpha value is -0.0400. The first kappa shape index (κ1) is 13.0. The van der Waals surface area contributed by atoms with E-state index in [4.69, 9.17) is 0 Å². The second-order valence-electron chi connectivity index (χ2n) is 5.48. The second kappa shape index (κ2) is 6.52. The van der Waals surface area contributed by atoms with Crippen molar-refractivity contribution in [1.82, 2.24) is 5.32 Å². The molecule has 1 nitrogen and oxygen atoms in total. The van der Waals surface area contributed by atoms with E-state index in [1.54, 1.807) is 0 Å². The summed E-state index contributed by atoms with van der Waals surface area (Å²) in [5, 5.41) is 3.74. The van der Waals surface area contributed by atoms with Crippen LogP contribution in [0.15, 0.2) is 0 Å². The Morgan fingerprint density at radius 2 is 1.93 bits per heavy atom. The lowest BCUT2D eigenvalue weighted by Gasteiger charge is -2.42. The molecular weight excluding hydrogens is 182 g/mol. The molecule has 1 atom stereocenters. The summed E-state index contributed by atoms with van der Waals surface area (Å²) in [5.74, 6) is 0. The first-order valence-electron chi connectivity index (χ1n) is 6.96. The molecule has 1 fully saturated rings. The lowest BCUT2D eigenvalue weighted by molar-refractivity contribution is 0.119. The van der Waals surface area contributed by atoms with Crippen molar-refractivity contribution in [2.45, 2.75) is 78.2 Å². The van der Waals surface area contributed by atoms with Gasteiger partial charge in [-0.05, 0) is 38.0 Å². The van der Waals surface area contributed by atoms with Crippen molar-refractivity contribution in [2.24, 2.45) is 5.41 Å². The van der Waals surface area contributed by atoms with Crippen LogP contribution >= 0.6 is 0 Å². The van der Waals surface area contributed by atoms with E-state index in [0.29, 0.717) is 5.41 Å². The average molecular weight is 211 g/mol. The minimum absolute atomic E-state index is 0.680. The highest BCUT2D eigenvalue weighted by Gasteiger charge is 2.34. The van der Waals surface area contributed by atoms with Gasteiger partial charge in [-0.3, -0.25) is 0 Å². The van der Waals surface area contributed by atoms with Crippen molar-refractivity contribution < 1.29 is 0 Å². The van der Waals surface area contributed by atoms with Gasteiger partial charge in [-0.2, -0.15) is 0 Å². The first-order chi connectivity index (χ1) is 7.22. The molecular formula is C14H29N. The fourth-order valence-electron chi connectivity index (χ4n) is 2.53. The van der Waals surface area contributed by atoms with Crippen molar-refractivity contribution >= 4 is 0 Å². The summed E-state index contributed by atoms with van der Waals surface area (Å²) >= 11 is 0. The number of rotatable bonds is 8. The highest BCUT2D eigenvalue weighted by Crippen LogP contribution is 2.43. The minimum Gasteiger partial charge on any atom is -0.314 e. The van der Waals surface area contributed by atoms with Crippen LogP contribution in [0.5, 0.6) is 0 Å². The van der Waals surface area contributed by atoms with Crippen LogP contribution in [0.3, 0.4) is 0 Å². The van der Waals surface area contributed by atoms with Crippen LogP contribution in [-0.4, -0.2) is 12.6 Å². The first-order valence-corrected chi connectivity index (χ1v) is 6.96. The van der Waals surface area contributed by atoms with Crippen LogP contribution in [0.25, 0.3) is 0 Å². The van der Waals surface area contributed by atoms with E-state index in [-0.39, 0.29) is 0 Å². The van der Waals surface area contributed by atoms with Gasteiger partial charge in [0, 0.05) is 12.6 Å². The third-order valence-electron chi connectivity index (χ3n) is 4.23. The molecule has 0 aliphatic heterocycles. The van der Waals surface area contributed by atoms with E-state index >= 15 is 0 Å². The fourth-order valence-corrected chi connectivity index (χ4v) is 2.53. The molecule has 90 valence electrons. The van der Waals surface area contributed by atoms with E-state index < -0.39 is 0 Å². The van der Waals surface area contributed by atoms with Gasteiger partial charge in [-0.1, -0.05) is 39.5 Å². The van der Waals surface area contributed by atoms with Crippen molar-refractivity contribution in [3.8, 4) is 0 Å². The van der Waals surface area contributed by atoms with Crippen LogP contribution in [0.2, 0.25) is 0 Å². The Bertz CT molecular complexity index is 155. The number of nitrogens with one attached hydrogen (secondary N) is 1. The highest BCUT2D eigenvalue weighted by atomic mass is 14.9. The average Bonchev–Trinajstić information content (AvgIpc) is 2.17. The predicted octanol–water partition coefficient (Wildman–Crippen LogP) is 4.13. The van der Waals surface area contributed by atoms with Crippen LogP contribution in [0.1, 0.15) is 72.1 Å². The molecule has 1 rings (SSSR count). The monoisotopic (exact) mass is 211 g/mol. The molecule has 0 aromatic heterocycles. The molecule has 0 amide bonds. The van der Waals surface area contributed by atoms with E-state index in [1.807, 2.05) is 0 Å². The molecule has 0 bridgehead atoms. The molecule has 0 heterocycles. The smallest absolute Gasteiger partial charge is 0.00389 e. The molecule has 1 heteroatoms. The lowest BCUT2D eigenvalue weighted by Crippen LogP contribution is -2.42. The molecule has 1 aliphatic carbocycles. The Balaban J connectivity index is 2.07. The normalized spacial score (nSPS) is 21.0. The molecule has 0 radical (unpaired) electrons. The van der Waals surface area contributed by atoms with Gasteiger partial charge in [0.25, 0.3) is 0 Å². The van der Waals surface area contributed by atoms with Gasteiger partial charge >= 0.3 is 0 Å². The van der Waals surface area contributed by atoms with E-state index in [2.05, 4.69) is 26.1 Å².